The summed E-state index contributed by atoms with van der Waals surface area (Å²) in [7, 11) is 2.29. The molecule has 0 aliphatic rings. The molecule has 1 unspecified atom stereocenters. The molecular formula is C18H16FN4O3P. The smallest absolute Gasteiger partial charge is 0.275 e. The predicted octanol–water partition coefficient (Wildman–Crippen LogP) is 2.05. The third kappa shape index (κ3) is 4.19. The second-order valence-corrected chi connectivity index (χ2v) is 6.25. The van der Waals surface area contributed by atoms with Gasteiger partial charge in [-0.15, -0.1) is 9.24 Å². The fourth-order valence-electron chi connectivity index (χ4n) is 2.46. The van der Waals surface area contributed by atoms with Crippen LogP contribution in [0.25, 0.3) is 0 Å². The summed E-state index contributed by atoms with van der Waals surface area (Å²) in [5, 5.41) is 21.0. The topological polar surface area (TPSA) is 107 Å². The number of H-pyrrole nitrogens is 1. The summed E-state index contributed by atoms with van der Waals surface area (Å²) in [5.74, 6) is -1.91. The lowest BCUT2D eigenvalue weighted by molar-refractivity contribution is 0.102. The molecular weight excluding hydrogens is 370 g/mol. The molecule has 2 aromatic carbocycles. The highest BCUT2D eigenvalue weighted by atomic mass is 31.0. The number of hydrogen-bond acceptors (Lipinski definition) is 4. The number of aromatic nitrogens is 2. The average molecular weight is 386 g/mol. The van der Waals surface area contributed by atoms with Crippen LogP contribution in [-0.2, 0) is 6.61 Å². The van der Waals surface area contributed by atoms with Gasteiger partial charge in [-0.05, 0) is 29.1 Å². The van der Waals surface area contributed by atoms with Gasteiger partial charge in [-0.3, -0.25) is 14.7 Å². The van der Waals surface area contributed by atoms with Gasteiger partial charge >= 0.3 is 0 Å². The molecule has 2 amide bonds. The van der Waals surface area contributed by atoms with Crippen LogP contribution in [0.15, 0.2) is 48.7 Å². The molecule has 9 heteroatoms. The molecule has 0 saturated carbocycles. The van der Waals surface area contributed by atoms with Gasteiger partial charge < -0.3 is 15.7 Å². The summed E-state index contributed by atoms with van der Waals surface area (Å²) < 4.78 is 14.0. The zero-order valence-corrected chi connectivity index (χ0v) is 15.1. The monoisotopic (exact) mass is 386 g/mol. The van der Waals surface area contributed by atoms with E-state index in [-0.39, 0.29) is 23.6 Å². The summed E-state index contributed by atoms with van der Waals surface area (Å²) in [6.45, 7) is -0.158. The molecule has 3 rings (SSSR count). The first-order valence-electron chi connectivity index (χ1n) is 7.89. The van der Waals surface area contributed by atoms with Crippen molar-refractivity contribution in [1.82, 2.24) is 10.2 Å². The molecule has 1 atom stereocenters. The Bertz CT molecular complexity index is 986. The number of aromatic amines is 1. The molecule has 0 radical (unpaired) electrons. The highest BCUT2D eigenvalue weighted by Gasteiger charge is 2.20. The zero-order valence-electron chi connectivity index (χ0n) is 14.0. The fraction of sp³-hybridized carbons (Fsp3) is 0.0556. The van der Waals surface area contributed by atoms with Crippen LogP contribution in [0.4, 0.5) is 15.8 Å². The van der Waals surface area contributed by atoms with Gasteiger partial charge in [-0.1, -0.05) is 24.3 Å². The van der Waals surface area contributed by atoms with E-state index in [1.165, 1.54) is 18.3 Å². The van der Waals surface area contributed by atoms with E-state index in [2.05, 4.69) is 30.1 Å². The lowest BCUT2D eigenvalue weighted by Crippen LogP contribution is -2.22. The Kier molecular flexibility index (Phi) is 5.59. The summed E-state index contributed by atoms with van der Waals surface area (Å²) in [5.41, 5.74) is 1.10. The van der Waals surface area contributed by atoms with Crippen molar-refractivity contribution in [1.29, 1.82) is 0 Å². The molecule has 0 aliphatic carbocycles. The van der Waals surface area contributed by atoms with Crippen molar-refractivity contribution in [2.75, 3.05) is 10.6 Å². The summed E-state index contributed by atoms with van der Waals surface area (Å²) in [4.78, 5) is 24.9. The minimum Gasteiger partial charge on any atom is -0.392 e. The van der Waals surface area contributed by atoms with Gasteiger partial charge in [0.15, 0.2) is 0 Å². The molecule has 138 valence electrons. The van der Waals surface area contributed by atoms with Gasteiger partial charge in [0, 0.05) is 5.69 Å². The van der Waals surface area contributed by atoms with Gasteiger partial charge in [0.1, 0.15) is 11.5 Å². The maximum Gasteiger partial charge on any atom is 0.275 e. The molecule has 1 aromatic heterocycles. The van der Waals surface area contributed by atoms with Gasteiger partial charge in [0.05, 0.1) is 24.1 Å². The number of anilines is 2. The number of carbonyl (C=O) groups excluding carboxylic acids is 2. The molecule has 4 N–H and O–H groups in total. The zero-order chi connectivity index (χ0) is 19.4. The van der Waals surface area contributed by atoms with Crippen molar-refractivity contribution in [3.63, 3.8) is 0 Å². The largest absolute Gasteiger partial charge is 0.392 e. The van der Waals surface area contributed by atoms with E-state index in [4.69, 9.17) is 5.11 Å². The van der Waals surface area contributed by atoms with E-state index in [1.54, 1.807) is 30.3 Å². The van der Waals surface area contributed by atoms with Crippen LogP contribution in [-0.4, -0.2) is 27.1 Å². The lowest BCUT2D eigenvalue weighted by Gasteiger charge is -2.09. The molecule has 3 aromatic rings. The van der Waals surface area contributed by atoms with Gasteiger partial charge in [-0.2, -0.15) is 5.10 Å². The van der Waals surface area contributed by atoms with E-state index in [0.29, 0.717) is 16.6 Å². The number of benzene rings is 2. The Balaban J connectivity index is 1.79. The van der Waals surface area contributed by atoms with Crippen molar-refractivity contribution in [2.45, 2.75) is 6.61 Å². The molecule has 7 nitrogen and oxygen atoms in total. The maximum atomic E-state index is 14.0. The normalized spacial score (nSPS) is 10.5. The van der Waals surface area contributed by atoms with Crippen molar-refractivity contribution < 1.29 is 19.1 Å². The summed E-state index contributed by atoms with van der Waals surface area (Å²) >= 11 is 0. The number of nitrogens with one attached hydrogen (secondary N) is 3. The van der Waals surface area contributed by atoms with Crippen LogP contribution >= 0.6 is 9.24 Å². The second-order valence-electron chi connectivity index (χ2n) is 5.63. The minimum atomic E-state index is -0.698. The van der Waals surface area contributed by atoms with E-state index >= 15 is 0 Å². The predicted molar refractivity (Wildman–Crippen MR) is 103 cm³/mol. The first-order valence-corrected chi connectivity index (χ1v) is 8.47. The van der Waals surface area contributed by atoms with Crippen molar-refractivity contribution in [2.24, 2.45) is 0 Å². The van der Waals surface area contributed by atoms with Crippen LogP contribution in [0.1, 0.15) is 26.4 Å². The second kappa shape index (κ2) is 8.07. The van der Waals surface area contributed by atoms with Gasteiger partial charge in [0.25, 0.3) is 11.8 Å². The Labute approximate surface area is 156 Å². The van der Waals surface area contributed by atoms with Crippen molar-refractivity contribution in [3.8, 4) is 0 Å². The first kappa shape index (κ1) is 18.7. The minimum absolute atomic E-state index is 0.0133. The fourth-order valence-corrected chi connectivity index (χ4v) is 2.84. The van der Waals surface area contributed by atoms with Gasteiger partial charge in [-0.25, -0.2) is 4.39 Å². The quantitative estimate of drug-likeness (QED) is 0.504. The number of amides is 2. The molecule has 1 heterocycles. The standard InChI is InChI=1S/C18H16FN4O3P/c19-12-5-2-6-14(27)15(12)17(25)22-13-8-20-23-16(13)18(26)21-11-4-1-3-10(7-11)9-24/h1-8,24H,9,27H2,(H,20,23)(H,21,26)(H,22,25). The Morgan fingerprint density at radius 1 is 1.15 bits per heavy atom. The van der Waals surface area contributed by atoms with Crippen LogP contribution in [0.5, 0.6) is 0 Å². The highest BCUT2D eigenvalue weighted by molar-refractivity contribution is 7.27. The Hall–Kier alpha value is -3.09. The number of aliphatic hydroxyl groups excluding tert-OH is 1. The van der Waals surface area contributed by atoms with Crippen LogP contribution < -0.4 is 15.9 Å². The number of aliphatic hydroxyl groups is 1. The van der Waals surface area contributed by atoms with E-state index < -0.39 is 17.6 Å². The van der Waals surface area contributed by atoms with Crippen LogP contribution in [0.3, 0.4) is 0 Å². The molecule has 0 fully saturated rings. The van der Waals surface area contributed by atoms with Gasteiger partial charge in [0.2, 0.25) is 0 Å². The van der Waals surface area contributed by atoms with Crippen molar-refractivity contribution in [3.05, 3.63) is 71.3 Å². The summed E-state index contributed by atoms with van der Waals surface area (Å²) in [6, 6.07) is 10.9. The number of carbonyl (C=O) groups is 2. The SMILES string of the molecule is O=C(Nc1cccc(CO)c1)c1[nH]ncc1NC(=O)c1c(F)cccc1P. The number of rotatable bonds is 5. The molecule has 0 spiro atoms. The first-order chi connectivity index (χ1) is 13.0. The lowest BCUT2D eigenvalue weighted by atomic mass is 10.2. The maximum absolute atomic E-state index is 14.0. The number of nitrogens with zero attached hydrogens (tertiary/aromatic N) is 1. The number of hydrogen-bond donors (Lipinski definition) is 4. The Morgan fingerprint density at radius 3 is 2.67 bits per heavy atom. The van der Waals surface area contributed by atoms with Crippen LogP contribution in [0.2, 0.25) is 0 Å². The van der Waals surface area contributed by atoms with E-state index in [1.807, 2.05) is 0 Å². The molecule has 0 bridgehead atoms. The van der Waals surface area contributed by atoms with Crippen LogP contribution in [0, 0.1) is 5.82 Å². The molecule has 27 heavy (non-hydrogen) atoms. The third-order valence-electron chi connectivity index (χ3n) is 3.75. The van der Waals surface area contributed by atoms with E-state index in [9.17, 15) is 14.0 Å². The molecule has 0 saturated heterocycles. The van der Waals surface area contributed by atoms with Crippen molar-refractivity contribution >= 4 is 37.7 Å². The summed E-state index contributed by atoms with van der Waals surface area (Å²) in [6.07, 6.45) is 1.26. The Morgan fingerprint density at radius 2 is 1.93 bits per heavy atom. The third-order valence-corrected chi connectivity index (χ3v) is 4.24. The molecule has 0 aliphatic heterocycles. The van der Waals surface area contributed by atoms with E-state index in [0.717, 1.165) is 0 Å². The number of halogens is 1. The average Bonchev–Trinajstić information content (AvgIpc) is 3.10. The highest BCUT2D eigenvalue weighted by Crippen LogP contribution is 2.18.